The quantitative estimate of drug-likeness (QED) is 0.671. The molecule has 1 heterocycles. The Balaban J connectivity index is 1.74. The summed E-state index contributed by atoms with van der Waals surface area (Å²) in [5.74, 6) is -0.393. The number of amides is 1. The van der Waals surface area contributed by atoms with E-state index >= 15 is 0 Å². The lowest BCUT2D eigenvalue weighted by molar-refractivity contribution is -0.118. The standard InChI is InChI=1S/C19H24N2O2/c1-12-8-13(10-19(2,3)9-12)21-18(23)17(22)15-11-20-16-7-5-4-6-14(15)16/h4-7,11-13,20H,8-10H2,1-3H3,(H,21,23)/t12-,13+/m0/s1. The summed E-state index contributed by atoms with van der Waals surface area (Å²) < 4.78 is 0. The Morgan fingerprint density at radius 3 is 2.70 bits per heavy atom. The lowest BCUT2D eigenvalue weighted by atomic mass is 9.70. The minimum atomic E-state index is -0.496. The van der Waals surface area contributed by atoms with Crippen molar-refractivity contribution < 1.29 is 9.59 Å². The molecule has 3 rings (SSSR count). The zero-order chi connectivity index (χ0) is 16.6. The van der Waals surface area contributed by atoms with Crippen molar-refractivity contribution in [2.45, 2.75) is 46.1 Å². The molecule has 1 aliphatic rings. The van der Waals surface area contributed by atoms with Gasteiger partial charge >= 0.3 is 0 Å². The van der Waals surface area contributed by atoms with Crippen molar-refractivity contribution in [3.63, 3.8) is 0 Å². The highest BCUT2D eigenvalue weighted by molar-refractivity contribution is 6.45. The smallest absolute Gasteiger partial charge is 0.292 e. The van der Waals surface area contributed by atoms with E-state index in [1.54, 1.807) is 6.20 Å². The van der Waals surface area contributed by atoms with E-state index in [1.165, 1.54) is 0 Å². The van der Waals surface area contributed by atoms with Crippen molar-refractivity contribution in [2.24, 2.45) is 11.3 Å². The van der Waals surface area contributed by atoms with Crippen molar-refractivity contribution in [3.05, 3.63) is 36.0 Å². The molecule has 0 bridgehead atoms. The lowest BCUT2D eigenvalue weighted by Gasteiger charge is -2.39. The van der Waals surface area contributed by atoms with Crippen molar-refractivity contribution in [2.75, 3.05) is 0 Å². The molecule has 1 saturated carbocycles. The highest BCUT2D eigenvalue weighted by Gasteiger charge is 2.33. The number of nitrogens with one attached hydrogen (secondary N) is 2. The van der Waals surface area contributed by atoms with Gasteiger partial charge in [-0.05, 0) is 36.7 Å². The maximum Gasteiger partial charge on any atom is 0.292 e. The van der Waals surface area contributed by atoms with Crippen LogP contribution in [0.2, 0.25) is 0 Å². The minimum Gasteiger partial charge on any atom is -0.360 e. The van der Waals surface area contributed by atoms with Crippen LogP contribution < -0.4 is 5.32 Å². The Morgan fingerprint density at radius 2 is 1.96 bits per heavy atom. The molecule has 1 aliphatic carbocycles. The summed E-state index contributed by atoms with van der Waals surface area (Å²) >= 11 is 0. The van der Waals surface area contributed by atoms with E-state index < -0.39 is 11.7 Å². The van der Waals surface area contributed by atoms with Crippen LogP contribution in [-0.4, -0.2) is 22.7 Å². The van der Waals surface area contributed by atoms with Crippen molar-refractivity contribution in [1.82, 2.24) is 10.3 Å². The summed E-state index contributed by atoms with van der Waals surface area (Å²) in [6.45, 7) is 6.66. The second-order valence-electron chi connectivity index (χ2n) is 7.66. The summed E-state index contributed by atoms with van der Waals surface area (Å²) in [5, 5.41) is 3.75. The number of ketones is 1. The van der Waals surface area contributed by atoms with Gasteiger partial charge in [-0.3, -0.25) is 9.59 Å². The molecule has 23 heavy (non-hydrogen) atoms. The summed E-state index contributed by atoms with van der Waals surface area (Å²) in [7, 11) is 0. The summed E-state index contributed by atoms with van der Waals surface area (Å²) in [6, 6.07) is 7.61. The van der Waals surface area contributed by atoms with E-state index in [9.17, 15) is 9.59 Å². The van der Waals surface area contributed by atoms with Crippen LogP contribution in [0.5, 0.6) is 0 Å². The van der Waals surface area contributed by atoms with Gasteiger partial charge in [0.15, 0.2) is 0 Å². The Kier molecular flexibility index (Phi) is 4.00. The lowest BCUT2D eigenvalue weighted by Crippen LogP contribution is -2.45. The molecular formula is C19H24N2O2. The van der Waals surface area contributed by atoms with Gasteiger partial charge in [0.1, 0.15) is 0 Å². The SMILES string of the molecule is C[C@H]1C[C@@H](NC(=O)C(=O)c2c[nH]c3ccccc23)CC(C)(C)C1. The van der Waals surface area contributed by atoms with Crippen LogP contribution in [0, 0.1) is 11.3 Å². The third kappa shape index (κ3) is 3.31. The monoisotopic (exact) mass is 312 g/mol. The first-order valence-electron chi connectivity index (χ1n) is 8.27. The molecular weight excluding hydrogens is 288 g/mol. The third-order valence-corrected chi connectivity index (χ3v) is 4.76. The van der Waals surface area contributed by atoms with Gasteiger partial charge in [0.05, 0.1) is 5.56 Å². The summed E-state index contributed by atoms with van der Waals surface area (Å²) in [6.07, 6.45) is 4.65. The molecule has 2 atom stereocenters. The molecule has 1 fully saturated rings. The van der Waals surface area contributed by atoms with E-state index in [4.69, 9.17) is 0 Å². The predicted octanol–water partition coefficient (Wildman–Crippen LogP) is 3.68. The highest BCUT2D eigenvalue weighted by Crippen LogP contribution is 2.38. The Hall–Kier alpha value is -2.10. The number of para-hydroxylation sites is 1. The molecule has 0 saturated heterocycles. The molecule has 2 N–H and O–H groups in total. The largest absolute Gasteiger partial charge is 0.360 e. The normalized spacial score (nSPS) is 23.6. The topological polar surface area (TPSA) is 62.0 Å². The molecule has 4 nitrogen and oxygen atoms in total. The summed E-state index contributed by atoms with van der Waals surface area (Å²) in [4.78, 5) is 27.9. The number of fused-ring (bicyclic) bond motifs is 1. The van der Waals surface area contributed by atoms with Crippen LogP contribution >= 0.6 is 0 Å². The summed E-state index contributed by atoms with van der Waals surface area (Å²) in [5.41, 5.74) is 1.52. The van der Waals surface area contributed by atoms with Crippen molar-refractivity contribution in [1.29, 1.82) is 0 Å². The van der Waals surface area contributed by atoms with E-state index in [0.29, 0.717) is 11.5 Å². The molecule has 0 aliphatic heterocycles. The number of hydrogen-bond acceptors (Lipinski definition) is 2. The Bertz CT molecular complexity index is 745. The van der Waals surface area contributed by atoms with E-state index in [1.807, 2.05) is 24.3 Å². The van der Waals surface area contributed by atoms with Crippen molar-refractivity contribution >= 4 is 22.6 Å². The average molecular weight is 312 g/mol. The fourth-order valence-corrected chi connectivity index (χ4v) is 4.09. The number of rotatable bonds is 3. The zero-order valence-electron chi connectivity index (χ0n) is 14.0. The first-order valence-corrected chi connectivity index (χ1v) is 8.27. The van der Waals surface area contributed by atoms with Gasteiger partial charge in [-0.1, -0.05) is 39.0 Å². The molecule has 0 unspecified atom stereocenters. The number of Topliss-reactive ketones (excluding diaryl/α,β-unsaturated/α-hetero) is 1. The first-order chi connectivity index (χ1) is 10.9. The minimum absolute atomic E-state index is 0.0791. The zero-order valence-corrected chi connectivity index (χ0v) is 14.0. The Morgan fingerprint density at radius 1 is 1.22 bits per heavy atom. The first kappa shape index (κ1) is 15.8. The fourth-order valence-electron chi connectivity index (χ4n) is 4.09. The Labute approximate surface area is 136 Å². The second-order valence-corrected chi connectivity index (χ2v) is 7.66. The van der Waals surface area contributed by atoms with Crippen LogP contribution in [0.4, 0.5) is 0 Å². The van der Waals surface area contributed by atoms with E-state index in [-0.39, 0.29) is 11.5 Å². The number of aromatic nitrogens is 1. The average Bonchev–Trinajstić information content (AvgIpc) is 2.88. The molecule has 0 spiro atoms. The van der Waals surface area contributed by atoms with Gasteiger partial charge < -0.3 is 10.3 Å². The fraction of sp³-hybridized carbons (Fsp3) is 0.474. The van der Waals surface area contributed by atoms with Gasteiger partial charge in [0.2, 0.25) is 0 Å². The highest BCUT2D eigenvalue weighted by atomic mass is 16.2. The molecule has 2 aromatic rings. The number of hydrogen-bond donors (Lipinski definition) is 2. The molecule has 0 radical (unpaired) electrons. The molecule has 4 heteroatoms. The van der Waals surface area contributed by atoms with Gasteiger partial charge in [-0.2, -0.15) is 0 Å². The molecule has 1 amide bonds. The molecule has 1 aromatic heterocycles. The number of benzene rings is 1. The number of H-pyrrole nitrogens is 1. The van der Waals surface area contributed by atoms with Crippen LogP contribution in [0.1, 0.15) is 50.4 Å². The number of carbonyl (C=O) groups excluding carboxylic acids is 2. The van der Waals surface area contributed by atoms with E-state index in [2.05, 4.69) is 31.1 Å². The maximum atomic E-state index is 12.5. The van der Waals surface area contributed by atoms with E-state index in [0.717, 1.165) is 30.2 Å². The number of carbonyl (C=O) groups is 2. The molecule has 1 aromatic carbocycles. The predicted molar refractivity (Wildman–Crippen MR) is 91.4 cm³/mol. The molecule has 122 valence electrons. The maximum absolute atomic E-state index is 12.5. The van der Waals surface area contributed by atoms with Gasteiger partial charge in [-0.25, -0.2) is 0 Å². The number of aromatic amines is 1. The van der Waals surface area contributed by atoms with Crippen molar-refractivity contribution in [3.8, 4) is 0 Å². The van der Waals surface area contributed by atoms with Crippen LogP contribution in [0.3, 0.4) is 0 Å². The van der Waals surface area contributed by atoms with Gasteiger partial charge in [-0.15, -0.1) is 0 Å². The second kappa shape index (κ2) is 5.84. The van der Waals surface area contributed by atoms with Gasteiger partial charge in [0, 0.05) is 23.1 Å². The van der Waals surface area contributed by atoms with Crippen LogP contribution in [-0.2, 0) is 4.79 Å². The van der Waals surface area contributed by atoms with Gasteiger partial charge in [0.25, 0.3) is 11.7 Å². The third-order valence-electron chi connectivity index (χ3n) is 4.76. The van der Waals surface area contributed by atoms with Crippen LogP contribution in [0.15, 0.2) is 30.5 Å². The van der Waals surface area contributed by atoms with Crippen LogP contribution in [0.25, 0.3) is 10.9 Å².